The van der Waals surface area contributed by atoms with Gasteiger partial charge in [-0.25, -0.2) is 0 Å². The molecule has 0 radical (unpaired) electrons. The molecule has 5 aliphatic rings. The zero-order valence-electron chi connectivity index (χ0n) is 16.3. The van der Waals surface area contributed by atoms with E-state index in [0.29, 0.717) is 33.8 Å². The summed E-state index contributed by atoms with van der Waals surface area (Å²) in [5.41, 5.74) is 1.31. The quantitative estimate of drug-likeness (QED) is 0.536. The van der Waals surface area contributed by atoms with Crippen molar-refractivity contribution in [1.29, 1.82) is 0 Å². The van der Waals surface area contributed by atoms with Crippen LogP contribution in [0.1, 0.15) is 16.8 Å². The van der Waals surface area contributed by atoms with Crippen molar-refractivity contribution in [2.75, 3.05) is 10.2 Å². The SMILES string of the molecule is O=C(Nc1cccc(Cl)c1Cl)c1ccc(N2C(=O)[C@@H]3[C@@H]4C=C[C@H]([C@H]5C[C@H]45)[C@@H]3C2=O)cc1. The summed E-state index contributed by atoms with van der Waals surface area (Å²) in [6, 6.07) is 11.5. The molecule has 2 aromatic rings. The number of halogens is 2. The van der Waals surface area contributed by atoms with Crippen LogP contribution in [0.5, 0.6) is 0 Å². The van der Waals surface area contributed by atoms with Gasteiger partial charge in [-0.3, -0.25) is 19.3 Å². The third-order valence-electron chi connectivity index (χ3n) is 7.25. The van der Waals surface area contributed by atoms with Crippen LogP contribution >= 0.6 is 23.2 Å². The van der Waals surface area contributed by atoms with E-state index in [1.165, 1.54) is 4.90 Å². The van der Waals surface area contributed by atoms with Gasteiger partial charge in [-0.15, -0.1) is 0 Å². The Balaban J connectivity index is 1.24. The Morgan fingerprint density at radius 2 is 1.52 bits per heavy atom. The topological polar surface area (TPSA) is 66.5 Å². The van der Waals surface area contributed by atoms with Gasteiger partial charge in [0.2, 0.25) is 11.8 Å². The second kappa shape index (κ2) is 6.68. The van der Waals surface area contributed by atoms with Gasteiger partial charge in [0.05, 0.1) is 33.3 Å². The number of rotatable bonds is 3. The Hall–Kier alpha value is -2.63. The molecule has 2 saturated carbocycles. The number of allylic oxidation sites excluding steroid dienone is 2. The highest BCUT2D eigenvalue weighted by Crippen LogP contribution is 2.65. The first-order valence-corrected chi connectivity index (χ1v) is 11.1. The highest BCUT2D eigenvalue weighted by Gasteiger charge is 2.67. The smallest absolute Gasteiger partial charge is 0.255 e. The van der Waals surface area contributed by atoms with Gasteiger partial charge in [-0.1, -0.05) is 41.4 Å². The second-order valence-corrected chi connectivity index (χ2v) is 9.55. The highest BCUT2D eigenvalue weighted by atomic mass is 35.5. The normalized spacial score (nSPS) is 32.1. The number of hydrogen-bond acceptors (Lipinski definition) is 3. The number of amides is 3. The Bertz CT molecular complexity index is 1140. The third kappa shape index (κ3) is 2.73. The maximum atomic E-state index is 13.2. The van der Waals surface area contributed by atoms with Crippen molar-refractivity contribution in [2.24, 2.45) is 35.5 Å². The van der Waals surface area contributed by atoms with Gasteiger partial charge < -0.3 is 5.32 Å². The third-order valence-corrected chi connectivity index (χ3v) is 8.07. The first-order chi connectivity index (χ1) is 15.0. The van der Waals surface area contributed by atoms with Crippen LogP contribution in [0, 0.1) is 35.5 Å². The van der Waals surface area contributed by atoms with Gasteiger partial charge >= 0.3 is 0 Å². The van der Waals surface area contributed by atoms with Crippen LogP contribution in [-0.4, -0.2) is 17.7 Å². The van der Waals surface area contributed by atoms with Crippen molar-refractivity contribution >= 4 is 52.3 Å². The van der Waals surface area contributed by atoms with Crippen molar-refractivity contribution in [3.63, 3.8) is 0 Å². The van der Waals surface area contributed by atoms with Crippen LogP contribution in [0.4, 0.5) is 11.4 Å². The van der Waals surface area contributed by atoms with Crippen LogP contribution in [-0.2, 0) is 9.59 Å². The number of nitrogens with zero attached hydrogens (tertiary/aromatic N) is 1. The summed E-state index contributed by atoms with van der Waals surface area (Å²) in [7, 11) is 0. The van der Waals surface area contributed by atoms with Crippen molar-refractivity contribution in [1.82, 2.24) is 0 Å². The summed E-state index contributed by atoms with van der Waals surface area (Å²) in [6.45, 7) is 0. The number of imide groups is 1. The maximum absolute atomic E-state index is 13.2. The second-order valence-electron chi connectivity index (χ2n) is 8.77. The molecule has 4 aliphatic carbocycles. The molecule has 7 heteroatoms. The molecular weight excluding hydrogens is 435 g/mol. The van der Waals surface area contributed by atoms with Crippen molar-refractivity contribution < 1.29 is 14.4 Å². The largest absolute Gasteiger partial charge is 0.321 e. The van der Waals surface area contributed by atoms with Gasteiger partial charge in [0.15, 0.2) is 0 Å². The molecule has 0 aromatic heterocycles. The van der Waals surface area contributed by atoms with E-state index >= 15 is 0 Å². The average Bonchev–Trinajstić information content (AvgIpc) is 3.55. The molecule has 3 amide bonds. The molecule has 1 saturated heterocycles. The number of carbonyl (C=O) groups excluding carboxylic acids is 3. The van der Waals surface area contributed by atoms with Crippen LogP contribution in [0.2, 0.25) is 10.0 Å². The zero-order chi connectivity index (χ0) is 21.4. The Labute approximate surface area is 189 Å². The van der Waals surface area contributed by atoms with E-state index in [4.69, 9.17) is 23.2 Å². The molecule has 5 nitrogen and oxygen atoms in total. The molecule has 0 unspecified atom stereocenters. The van der Waals surface area contributed by atoms with Gasteiger partial charge in [-0.05, 0) is 66.5 Å². The van der Waals surface area contributed by atoms with E-state index < -0.39 is 0 Å². The van der Waals surface area contributed by atoms with E-state index in [-0.39, 0.29) is 46.4 Å². The number of benzene rings is 2. The van der Waals surface area contributed by atoms with Crippen molar-refractivity contribution in [3.8, 4) is 0 Å². The van der Waals surface area contributed by atoms with Gasteiger partial charge in [-0.2, -0.15) is 0 Å². The monoisotopic (exact) mass is 452 g/mol. The number of nitrogens with one attached hydrogen (secondary N) is 1. The minimum Gasteiger partial charge on any atom is -0.321 e. The Kier molecular flexibility index (Phi) is 4.11. The molecule has 1 N–H and O–H groups in total. The molecule has 156 valence electrons. The summed E-state index contributed by atoms with van der Waals surface area (Å²) in [5.74, 6) is 0.465. The summed E-state index contributed by atoms with van der Waals surface area (Å²) in [4.78, 5) is 40.3. The molecule has 2 bridgehead atoms. The fourth-order valence-electron chi connectivity index (χ4n) is 5.77. The summed E-state index contributed by atoms with van der Waals surface area (Å²) in [6.07, 6.45) is 5.45. The first-order valence-electron chi connectivity index (χ1n) is 10.4. The molecular formula is C24H18Cl2N2O3. The molecule has 0 spiro atoms. The summed E-state index contributed by atoms with van der Waals surface area (Å²) in [5, 5.41) is 3.35. The lowest BCUT2D eigenvalue weighted by molar-refractivity contribution is -0.124. The molecule has 31 heavy (non-hydrogen) atoms. The minimum absolute atomic E-state index is 0.109. The van der Waals surface area contributed by atoms with Crippen LogP contribution in [0.25, 0.3) is 0 Å². The zero-order valence-corrected chi connectivity index (χ0v) is 17.8. The lowest BCUT2D eigenvalue weighted by Crippen LogP contribution is -2.40. The average molecular weight is 453 g/mol. The van der Waals surface area contributed by atoms with Gasteiger partial charge in [0, 0.05) is 5.56 Å². The Morgan fingerprint density at radius 3 is 2.13 bits per heavy atom. The van der Waals surface area contributed by atoms with Gasteiger partial charge in [0.1, 0.15) is 0 Å². The van der Waals surface area contributed by atoms with E-state index in [2.05, 4.69) is 17.5 Å². The van der Waals surface area contributed by atoms with E-state index in [9.17, 15) is 14.4 Å². The maximum Gasteiger partial charge on any atom is 0.255 e. The van der Waals surface area contributed by atoms with E-state index in [0.717, 1.165) is 6.42 Å². The molecule has 1 aliphatic heterocycles. The predicted molar refractivity (Wildman–Crippen MR) is 118 cm³/mol. The lowest BCUT2D eigenvalue weighted by Gasteiger charge is -2.37. The highest BCUT2D eigenvalue weighted by molar-refractivity contribution is 6.44. The number of anilines is 2. The van der Waals surface area contributed by atoms with E-state index in [1.807, 2.05) is 0 Å². The van der Waals surface area contributed by atoms with Crippen molar-refractivity contribution in [2.45, 2.75) is 6.42 Å². The van der Waals surface area contributed by atoms with Crippen LogP contribution in [0.3, 0.4) is 0 Å². The minimum atomic E-state index is -0.356. The molecule has 6 atom stereocenters. The number of carbonyl (C=O) groups is 3. The van der Waals surface area contributed by atoms with Gasteiger partial charge in [0.25, 0.3) is 5.91 Å². The van der Waals surface area contributed by atoms with E-state index in [1.54, 1.807) is 42.5 Å². The summed E-state index contributed by atoms with van der Waals surface area (Å²) < 4.78 is 0. The predicted octanol–water partition coefficient (Wildman–Crippen LogP) is 4.80. The van der Waals surface area contributed by atoms with Crippen LogP contribution in [0.15, 0.2) is 54.6 Å². The molecule has 2 aromatic carbocycles. The standard InChI is InChI=1S/C24H18Cl2N2O3/c25-17-2-1-3-18(21(17)26)27-22(29)11-4-6-12(7-5-11)28-23(30)19-13-8-9-14(16-10-15(13)16)20(19)24(28)31/h1-9,13-16,19-20H,10H2,(H,27,29)/t13-,14-,15-,16-,19-,20+/m1/s1. The summed E-state index contributed by atoms with van der Waals surface area (Å²) >= 11 is 12.1. The Morgan fingerprint density at radius 1 is 0.903 bits per heavy atom. The molecule has 7 rings (SSSR count). The fraction of sp³-hybridized carbons (Fsp3) is 0.292. The first kappa shape index (κ1) is 19.1. The number of hydrogen-bond donors (Lipinski definition) is 1. The molecule has 3 fully saturated rings. The van der Waals surface area contributed by atoms with Crippen molar-refractivity contribution in [3.05, 3.63) is 70.2 Å². The molecule has 1 heterocycles. The van der Waals surface area contributed by atoms with Crippen LogP contribution < -0.4 is 10.2 Å². The fourth-order valence-corrected chi connectivity index (χ4v) is 6.12. The lowest BCUT2D eigenvalue weighted by atomic mass is 9.63.